The summed E-state index contributed by atoms with van der Waals surface area (Å²) in [7, 11) is 0. The number of aromatic nitrogens is 3. The normalized spacial score (nSPS) is 10.8. The fourth-order valence-electron chi connectivity index (χ4n) is 3.84. The molecule has 0 amide bonds. The minimum Gasteiger partial charge on any atom is -0.208 e. The van der Waals surface area contributed by atoms with Crippen molar-refractivity contribution in [1.82, 2.24) is 15.0 Å². The van der Waals surface area contributed by atoms with Crippen molar-refractivity contribution in [2.24, 2.45) is 0 Å². The van der Waals surface area contributed by atoms with E-state index in [0.717, 1.165) is 22.3 Å². The summed E-state index contributed by atoms with van der Waals surface area (Å²) in [4.78, 5) is 14.5. The Hall–Kier alpha value is -4.11. The van der Waals surface area contributed by atoms with Crippen LogP contribution in [0.5, 0.6) is 0 Å². The van der Waals surface area contributed by atoms with Gasteiger partial charge < -0.3 is 0 Å². The Balaban J connectivity index is 1.69. The summed E-state index contributed by atoms with van der Waals surface area (Å²) >= 11 is 0. The molecule has 5 aromatic rings. The lowest BCUT2D eigenvalue weighted by Crippen LogP contribution is -2.00. The Bertz CT molecular complexity index is 1320. The van der Waals surface area contributed by atoms with E-state index in [1.165, 1.54) is 16.7 Å². The maximum Gasteiger partial charge on any atom is 0.164 e. The number of aryl methyl sites for hydroxylation is 2. The molecule has 0 saturated carbocycles. The topological polar surface area (TPSA) is 38.7 Å². The maximum atomic E-state index is 4.87. The third-order valence-corrected chi connectivity index (χ3v) is 5.39. The Kier molecular flexibility index (Phi) is 5.30. The molecule has 0 radical (unpaired) electrons. The van der Waals surface area contributed by atoms with E-state index in [9.17, 15) is 0 Å². The summed E-state index contributed by atoms with van der Waals surface area (Å²) in [6.07, 6.45) is 0. The summed E-state index contributed by atoms with van der Waals surface area (Å²) in [6, 6.07) is 35.2. The van der Waals surface area contributed by atoms with E-state index < -0.39 is 0 Å². The van der Waals surface area contributed by atoms with Gasteiger partial charge in [0.2, 0.25) is 0 Å². The minimum absolute atomic E-state index is 0.674. The molecule has 0 bridgehead atoms. The molecule has 0 saturated heterocycles. The standard InChI is InChI=1S/C29H23N3/c1-20-10-9-15-24(16-20)25-17-21(2)18-26(19-25)29-31-27(22-11-5-3-6-12-22)30-28(32-29)23-13-7-4-8-14-23/h3-19H,1-2H3. The van der Waals surface area contributed by atoms with Gasteiger partial charge in [-0.25, -0.2) is 15.0 Å². The molecule has 0 unspecified atom stereocenters. The first kappa shape index (κ1) is 19.8. The molecule has 0 aliphatic rings. The average Bonchev–Trinajstić information content (AvgIpc) is 2.84. The molecule has 0 N–H and O–H groups in total. The fraction of sp³-hybridized carbons (Fsp3) is 0.0690. The van der Waals surface area contributed by atoms with Gasteiger partial charge in [-0.3, -0.25) is 0 Å². The summed E-state index contributed by atoms with van der Waals surface area (Å²) in [6.45, 7) is 4.23. The number of hydrogen-bond acceptors (Lipinski definition) is 3. The molecule has 0 aliphatic carbocycles. The molecule has 0 aliphatic heterocycles. The molecule has 0 atom stereocenters. The maximum absolute atomic E-state index is 4.87. The van der Waals surface area contributed by atoms with E-state index in [-0.39, 0.29) is 0 Å². The van der Waals surface area contributed by atoms with E-state index in [4.69, 9.17) is 15.0 Å². The average molecular weight is 414 g/mol. The van der Waals surface area contributed by atoms with Crippen LogP contribution in [-0.2, 0) is 0 Å². The molecule has 1 aromatic heterocycles. The first-order valence-corrected chi connectivity index (χ1v) is 10.7. The van der Waals surface area contributed by atoms with Crippen LogP contribution in [0.4, 0.5) is 0 Å². The van der Waals surface area contributed by atoms with Crippen molar-refractivity contribution < 1.29 is 0 Å². The summed E-state index contributed by atoms with van der Waals surface area (Å²) in [5.41, 5.74) is 7.69. The van der Waals surface area contributed by atoms with Crippen molar-refractivity contribution in [2.45, 2.75) is 13.8 Å². The Morgan fingerprint density at radius 2 is 0.844 bits per heavy atom. The van der Waals surface area contributed by atoms with E-state index in [0.29, 0.717) is 17.5 Å². The number of nitrogens with zero attached hydrogens (tertiary/aromatic N) is 3. The van der Waals surface area contributed by atoms with Crippen LogP contribution in [-0.4, -0.2) is 15.0 Å². The highest BCUT2D eigenvalue weighted by Gasteiger charge is 2.13. The van der Waals surface area contributed by atoms with Crippen molar-refractivity contribution in [3.05, 3.63) is 114 Å². The molecule has 0 spiro atoms. The highest BCUT2D eigenvalue weighted by molar-refractivity contribution is 5.73. The lowest BCUT2D eigenvalue weighted by Gasteiger charge is -2.11. The zero-order valence-electron chi connectivity index (χ0n) is 18.2. The Morgan fingerprint density at radius 1 is 0.375 bits per heavy atom. The van der Waals surface area contributed by atoms with Gasteiger partial charge in [0.05, 0.1) is 0 Å². The molecule has 0 fully saturated rings. The largest absolute Gasteiger partial charge is 0.208 e. The third kappa shape index (κ3) is 4.19. The molecule has 4 aromatic carbocycles. The first-order valence-electron chi connectivity index (χ1n) is 10.7. The molecule has 3 heteroatoms. The zero-order valence-corrected chi connectivity index (χ0v) is 18.2. The number of benzene rings is 4. The van der Waals surface area contributed by atoms with Gasteiger partial charge in [0.1, 0.15) is 0 Å². The molecule has 32 heavy (non-hydrogen) atoms. The van der Waals surface area contributed by atoms with Crippen LogP contribution in [0.2, 0.25) is 0 Å². The lowest BCUT2D eigenvalue weighted by molar-refractivity contribution is 1.07. The van der Waals surface area contributed by atoms with Crippen LogP contribution in [0.3, 0.4) is 0 Å². The van der Waals surface area contributed by atoms with E-state index >= 15 is 0 Å². The second-order valence-corrected chi connectivity index (χ2v) is 8.00. The van der Waals surface area contributed by atoms with E-state index in [1.807, 2.05) is 60.7 Å². The Labute approximate surface area is 188 Å². The third-order valence-electron chi connectivity index (χ3n) is 5.39. The van der Waals surface area contributed by atoms with Gasteiger partial charge >= 0.3 is 0 Å². The number of rotatable bonds is 4. The van der Waals surface area contributed by atoms with Crippen molar-refractivity contribution >= 4 is 0 Å². The van der Waals surface area contributed by atoms with Gasteiger partial charge in [-0.1, -0.05) is 96.6 Å². The van der Waals surface area contributed by atoms with E-state index in [1.54, 1.807) is 0 Å². The molecule has 154 valence electrons. The minimum atomic E-state index is 0.674. The smallest absolute Gasteiger partial charge is 0.164 e. The SMILES string of the molecule is Cc1cccc(-c2cc(C)cc(-c3nc(-c4ccccc4)nc(-c4ccccc4)n3)c2)c1. The molecule has 3 nitrogen and oxygen atoms in total. The highest BCUT2D eigenvalue weighted by atomic mass is 15.0. The van der Waals surface area contributed by atoms with Gasteiger partial charge in [-0.15, -0.1) is 0 Å². The van der Waals surface area contributed by atoms with Gasteiger partial charge in [-0.2, -0.15) is 0 Å². The van der Waals surface area contributed by atoms with E-state index in [2.05, 4.69) is 56.3 Å². The van der Waals surface area contributed by atoms with Crippen LogP contribution in [0.15, 0.2) is 103 Å². The van der Waals surface area contributed by atoms with Crippen LogP contribution in [0.25, 0.3) is 45.3 Å². The van der Waals surface area contributed by atoms with Gasteiger partial charge in [-0.05, 0) is 42.7 Å². The van der Waals surface area contributed by atoms with Crippen molar-refractivity contribution in [1.29, 1.82) is 0 Å². The predicted molar refractivity (Wildman–Crippen MR) is 131 cm³/mol. The molecule has 5 rings (SSSR count). The van der Waals surface area contributed by atoms with Gasteiger partial charge in [0, 0.05) is 16.7 Å². The number of hydrogen-bond donors (Lipinski definition) is 0. The highest BCUT2D eigenvalue weighted by Crippen LogP contribution is 2.29. The summed E-state index contributed by atoms with van der Waals surface area (Å²) < 4.78 is 0. The molecule has 1 heterocycles. The first-order chi connectivity index (χ1) is 15.7. The van der Waals surface area contributed by atoms with Crippen molar-refractivity contribution in [3.8, 4) is 45.3 Å². The van der Waals surface area contributed by atoms with Crippen molar-refractivity contribution in [2.75, 3.05) is 0 Å². The lowest BCUT2D eigenvalue weighted by atomic mass is 9.98. The van der Waals surface area contributed by atoms with Gasteiger partial charge in [0.25, 0.3) is 0 Å². The van der Waals surface area contributed by atoms with Gasteiger partial charge in [0.15, 0.2) is 17.5 Å². The second-order valence-electron chi connectivity index (χ2n) is 8.00. The zero-order chi connectivity index (χ0) is 21.9. The Morgan fingerprint density at radius 3 is 1.41 bits per heavy atom. The fourth-order valence-corrected chi connectivity index (χ4v) is 3.84. The van der Waals surface area contributed by atoms with Crippen LogP contribution in [0, 0.1) is 13.8 Å². The monoisotopic (exact) mass is 413 g/mol. The van der Waals surface area contributed by atoms with Crippen LogP contribution in [0.1, 0.15) is 11.1 Å². The summed E-state index contributed by atoms with van der Waals surface area (Å²) in [5, 5.41) is 0. The second kappa shape index (κ2) is 8.56. The summed E-state index contributed by atoms with van der Waals surface area (Å²) in [5.74, 6) is 2.02. The van der Waals surface area contributed by atoms with Crippen LogP contribution < -0.4 is 0 Å². The van der Waals surface area contributed by atoms with Crippen LogP contribution >= 0.6 is 0 Å². The molecular weight excluding hydrogens is 390 g/mol. The van der Waals surface area contributed by atoms with Crippen molar-refractivity contribution in [3.63, 3.8) is 0 Å². The predicted octanol–water partition coefficient (Wildman–Crippen LogP) is 7.16. The quantitative estimate of drug-likeness (QED) is 0.314. The molecular formula is C29H23N3.